The highest BCUT2D eigenvalue weighted by molar-refractivity contribution is 5.77. The smallest absolute Gasteiger partial charge is 0.306 e. The lowest BCUT2D eigenvalue weighted by molar-refractivity contribution is -0.151. The number of hydrogen-bond acceptors (Lipinski definition) is 5. The molecule has 0 aliphatic heterocycles. The molecule has 3 unspecified atom stereocenters. The van der Waals surface area contributed by atoms with Crippen molar-refractivity contribution in [2.24, 2.45) is 0 Å². The molecule has 6 nitrogen and oxygen atoms in total. The second-order valence-electron chi connectivity index (χ2n) is 16.5. The van der Waals surface area contributed by atoms with Crippen LogP contribution in [-0.2, 0) is 14.3 Å². The highest BCUT2D eigenvalue weighted by Crippen LogP contribution is 2.16. The van der Waals surface area contributed by atoms with Crippen LogP contribution in [0, 0.1) is 0 Å². The number of nitrogens with one attached hydrogen (secondary N) is 1. The molecule has 0 saturated carbocycles. The van der Waals surface area contributed by atoms with Crippen molar-refractivity contribution >= 4 is 11.9 Å². The third kappa shape index (κ3) is 41.8. The maximum atomic E-state index is 13.1. The minimum atomic E-state index is -0.809. The summed E-state index contributed by atoms with van der Waals surface area (Å²) in [6.45, 7) is 6.39. The average molecular weight is 824 g/mol. The fourth-order valence-corrected chi connectivity index (χ4v) is 7.01. The van der Waals surface area contributed by atoms with Crippen LogP contribution in [0.3, 0.4) is 0 Å². The largest absolute Gasteiger partial charge is 0.462 e. The van der Waals surface area contributed by atoms with Crippen molar-refractivity contribution in [1.82, 2.24) is 5.32 Å². The zero-order valence-corrected chi connectivity index (χ0v) is 38.6. The Balaban J connectivity index is 4.76. The topological polar surface area (TPSA) is 95.9 Å². The van der Waals surface area contributed by atoms with Crippen LogP contribution in [0.15, 0.2) is 72.9 Å². The van der Waals surface area contributed by atoms with Crippen LogP contribution in [0.2, 0.25) is 0 Å². The van der Waals surface area contributed by atoms with Crippen LogP contribution in [0.25, 0.3) is 0 Å². The summed E-state index contributed by atoms with van der Waals surface area (Å²) in [5.41, 5.74) is 0. The van der Waals surface area contributed by atoms with Gasteiger partial charge in [-0.1, -0.05) is 203 Å². The number of carbonyl (C=O) groups excluding carboxylic acids is 2. The summed E-state index contributed by atoms with van der Waals surface area (Å²) in [6, 6.07) is -0.728. The first-order valence-electron chi connectivity index (χ1n) is 24.7. The maximum absolute atomic E-state index is 13.1. The van der Waals surface area contributed by atoms with Crippen molar-refractivity contribution in [2.45, 2.75) is 244 Å². The quantitative estimate of drug-likeness (QED) is 0.0246. The lowest BCUT2D eigenvalue weighted by atomic mass is 10.0. The van der Waals surface area contributed by atoms with Crippen molar-refractivity contribution in [3.05, 3.63) is 72.9 Å². The third-order valence-corrected chi connectivity index (χ3v) is 10.8. The van der Waals surface area contributed by atoms with Gasteiger partial charge in [0, 0.05) is 6.42 Å². The van der Waals surface area contributed by atoms with Crippen LogP contribution in [0.4, 0.5) is 0 Å². The SMILES string of the molecule is CCCCC/C=C\C/C=C\C/C=C\C/C=C\CCCC(=O)OC(CCC/C=C/C=C/CCCCCCCCC)CC(=O)NC(CO)C(O)CCCCCCCCCCC. The number of esters is 1. The molecule has 0 aromatic carbocycles. The Labute approximate surface area is 364 Å². The van der Waals surface area contributed by atoms with Gasteiger partial charge in [0.05, 0.1) is 25.2 Å². The third-order valence-electron chi connectivity index (χ3n) is 10.8. The molecule has 0 aliphatic rings. The van der Waals surface area contributed by atoms with Gasteiger partial charge in [-0.15, -0.1) is 0 Å². The molecule has 0 heterocycles. The van der Waals surface area contributed by atoms with E-state index in [1.807, 2.05) is 0 Å². The Bertz CT molecular complexity index is 1110. The standard InChI is InChI=1S/C53H93NO5/c1-4-7-10-13-16-19-21-23-25-26-27-29-31-34-37-40-43-46-53(58)59-49(44-41-38-35-33-30-28-24-22-20-17-14-11-8-5-2)47-52(57)54-50(48-55)51(56)45-42-39-36-32-18-15-12-9-6-3/h16,19,23,25,27-30,33-35,37,49-51,55-56H,4-15,17-18,20-22,24,26,31-32,36,38-48H2,1-3H3,(H,54,57)/b19-16-,25-23-,29-27-,30-28+,35-33+,37-34-. The number of amides is 1. The van der Waals surface area contributed by atoms with E-state index in [-0.39, 0.29) is 24.9 Å². The van der Waals surface area contributed by atoms with E-state index in [9.17, 15) is 19.8 Å². The van der Waals surface area contributed by atoms with Crippen LogP contribution < -0.4 is 5.32 Å². The Hall–Kier alpha value is -2.70. The number of rotatable bonds is 43. The summed E-state index contributed by atoms with van der Waals surface area (Å²) < 4.78 is 5.86. The molecule has 0 aromatic rings. The molecule has 3 N–H and O–H groups in total. The van der Waals surface area contributed by atoms with Crippen molar-refractivity contribution < 1.29 is 24.5 Å². The Morgan fingerprint density at radius 3 is 1.47 bits per heavy atom. The molecule has 0 bridgehead atoms. The van der Waals surface area contributed by atoms with Crippen molar-refractivity contribution in [1.29, 1.82) is 0 Å². The average Bonchev–Trinajstić information content (AvgIpc) is 3.23. The number of ether oxygens (including phenoxy) is 1. The van der Waals surface area contributed by atoms with E-state index in [0.29, 0.717) is 25.7 Å². The van der Waals surface area contributed by atoms with Crippen LogP contribution in [0.5, 0.6) is 0 Å². The number of unbranched alkanes of at least 4 members (excludes halogenated alkanes) is 20. The maximum Gasteiger partial charge on any atom is 0.306 e. The number of carbonyl (C=O) groups is 2. The summed E-state index contributed by atoms with van der Waals surface area (Å²) >= 11 is 0. The van der Waals surface area contributed by atoms with E-state index < -0.39 is 18.2 Å². The molecule has 0 aromatic heterocycles. The summed E-state index contributed by atoms with van der Waals surface area (Å²) in [4.78, 5) is 26.0. The van der Waals surface area contributed by atoms with E-state index in [0.717, 1.165) is 64.2 Å². The normalized spacial score (nSPS) is 13.9. The van der Waals surface area contributed by atoms with Gasteiger partial charge in [-0.05, 0) is 83.5 Å². The van der Waals surface area contributed by atoms with Gasteiger partial charge in [0.25, 0.3) is 0 Å². The lowest BCUT2D eigenvalue weighted by Gasteiger charge is -2.24. The van der Waals surface area contributed by atoms with Gasteiger partial charge in [-0.2, -0.15) is 0 Å². The first-order valence-corrected chi connectivity index (χ1v) is 24.7. The summed E-state index contributed by atoms with van der Waals surface area (Å²) in [5.74, 6) is -0.593. The Morgan fingerprint density at radius 2 is 0.932 bits per heavy atom. The van der Waals surface area contributed by atoms with Gasteiger partial charge in [-0.3, -0.25) is 9.59 Å². The Kier molecular flexibility index (Phi) is 44.2. The van der Waals surface area contributed by atoms with Crippen molar-refractivity contribution in [2.75, 3.05) is 6.61 Å². The van der Waals surface area contributed by atoms with Gasteiger partial charge in [0.15, 0.2) is 0 Å². The molecule has 0 aliphatic carbocycles. The molecule has 0 spiro atoms. The summed E-state index contributed by atoms with van der Waals surface area (Å²) in [7, 11) is 0. The van der Waals surface area contributed by atoms with E-state index in [1.165, 1.54) is 109 Å². The number of aliphatic hydroxyl groups is 2. The van der Waals surface area contributed by atoms with Gasteiger partial charge >= 0.3 is 5.97 Å². The predicted molar refractivity (Wildman–Crippen MR) is 255 cm³/mol. The minimum absolute atomic E-state index is 0.0201. The van der Waals surface area contributed by atoms with Crippen LogP contribution in [0.1, 0.15) is 226 Å². The van der Waals surface area contributed by atoms with E-state index in [2.05, 4.69) is 99.0 Å². The molecular weight excluding hydrogens is 731 g/mol. The highest BCUT2D eigenvalue weighted by atomic mass is 16.5. The van der Waals surface area contributed by atoms with E-state index >= 15 is 0 Å². The second-order valence-corrected chi connectivity index (χ2v) is 16.5. The highest BCUT2D eigenvalue weighted by Gasteiger charge is 2.24. The molecule has 0 radical (unpaired) electrons. The molecule has 1 amide bonds. The fourth-order valence-electron chi connectivity index (χ4n) is 7.01. The predicted octanol–water partition coefficient (Wildman–Crippen LogP) is 14.6. The second kappa shape index (κ2) is 46.4. The van der Waals surface area contributed by atoms with Crippen LogP contribution >= 0.6 is 0 Å². The van der Waals surface area contributed by atoms with Gasteiger partial charge in [0.2, 0.25) is 5.91 Å². The molecule has 0 saturated heterocycles. The number of allylic oxidation sites excluding steroid dienone is 12. The molecule has 3 atom stereocenters. The summed E-state index contributed by atoms with van der Waals surface area (Å²) in [5, 5.41) is 23.6. The zero-order valence-electron chi connectivity index (χ0n) is 38.6. The van der Waals surface area contributed by atoms with E-state index in [4.69, 9.17) is 4.74 Å². The first-order chi connectivity index (χ1) is 29.0. The van der Waals surface area contributed by atoms with Crippen molar-refractivity contribution in [3.8, 4) is 0 Å². The van der Waals surface area contributed by atoms with Gasteiger partial charge in [-0.25, -0.2) is 0 Å². The minimum Gasteiger partial charge on any atom is -0.462 e. The molecular formula is C53H93NO5. The van der Waals surface area contributed by atoms with E-state index in [1.54, 1.807) is 0 Å². The molecule has 59 heavy (non-hydrogen) atoms. The first kappa shape index (κ1) is 56.3. The lowest BCUT2D eigenvalue weighted by Crippen LogP contribution is -2.46. The molecule has 340 valence electrons. The van der Waals surface area contributed by atoms with Gasteiger partial charge < -0.3 is 20.3 Å². The molecule has 6 heteroatoms. The number of hydrogen-bond donors (Lipinski definition) is 3. The fraction of sp³-hybridized carbons (Fsp3) is 0.736. The summed E-state index contributed by atoms with van der Waals surface area (Å²) in [6.07, 6.45) is 58.3. The van der Waals surface area contributed by atoms with Gasteiger partial charge in [0.1, 0.15) is 6.10 Å². The van der Waals surface area contributed by atoms with Crippen LogP contribution in [-0.4, -0.2) is 46.9 Å². The molecule has 0 rings (SSSR count). The Morgan fingerprint density at radius 1 is 0.508 bits per heavy atom. The molecule has 0 fully saturated rings. The monoisotopic (exact) mass is 824 g/mol. The zero-order chi connectivity index (χ0) is 43.1. The van der Waals surface area contributed by atoms with Crippen molar-refractivity contribution in [3.63, 3.8) is 0 Å². The number of aliphatic hydroxyl groups excluding tert-OH is 2.